The maximum absolute atomic E-state index is 13.3. The maximum Gasteiger partial charge on any atom is 0.123 e. The normalized spacial score (nSPS) is 22.4. The Balaban J connectivity index is 1.75. The van der Waals surface area contributed by atoms with Crippen LogP contribution in [0.2, 0.25) is 0 Å². The molecule has 1 aromatic heterocycles. The summed E-state index contributed by atoms with van der Waals surface area (Å²) in [5.74, 6) is 0.435. The van der Waals surface area contributed by atoms with Gasteiger partial charge in [-0.2, -0.15) is 0 Å². The number of allylic oxidation sites excluding steroid dienone is 1. The van der Waals surface area contributed by atoms with E-state index in [0.717, 1.165) is 17.7 Å². The minimum absolute atomic E-state index is 0.190. The fraction of sp³-hybridized carbons (Fsp3) is 0.333. The Bertz CT molecular complexity index is 1060. The predicted molar refractivity (Wildman–Crippen MR) is 110 cm³/mol. The van der Waals surface area contributed by atoms with Crippen LogP contribution in [0, 0.1) is 12.7 Å². The van der Waals surface area contributed by atoms with Gasteiger partial charge in [-0.25, -0.2) is 4.39 Å². The van der Waals surface area contributed by atoms with Crippen molar-refractivity contribution in [2.75, 3.05) is 13.6 Å². The highest BCUT2D eigenvalue weighted by atomic mass is 19.1. The van der Waals surface area contributed by atoms with Crippen molar-refractivity contribution < 1.29 is 4.39 Å². The number of halogens is 1. The molecule has 0 spiro atoms. The number of benzene rings is 2. The minimum atomic E-state index is -0.190. The molecule has 3 heteroatoms. The Hall–Kier alpha value is -2.39. The van der Waals surface area contributed by atoms with Gasteiger partial charge in [0, 0.05) is 23.8 Å². The second-order valence-electron chi connectivity index (χ2n) is 8.24. The molecule has 2 aliphatic heterocycles. The highest BCUT2D eigenvalue weighted by Gasteiger charge is 2.40. The number of hydrogen-bond acceptors (Lipinski definition) is 1. The van der Waals surface area contributed by atoms with E-state index in [0.29, 0.717) is 12.0 Å². The van der Waals surface area contributed by atoms with Gasteiger partial charge in [0.05, 0.1) is 11.6 Å². The highest BCUT2D eigenvalue weighted by Crippen LogP contribution is 2.50. The van der Waals surface area contributed by atoms with Crippen LogP contribution in [0.25, 0.3) is 22.7 Å². The number of aryl methyl sites for hydroxylation is 1. The average molecular weight is 360 g/mol. The molecule has 27 heavy (non-hydrogen) atoms. The van der Waals surface area contributed by atoms with Crippen molar-refractivity contribution in [1.29, 1.82) is 0 Å². The minimum Gasteiger partial charge on any atom is -0.318 e. The monoisotopic (exact) mass is 360 g/mol. The summed E-state index contributed by atoms with van der Waals surface area (Å²) in [4.78, 5) is 2.51. The quantitative estimate of drug-likeness (QED) is 0.546. The van der Waals surface area contributed by atoms with Crippen molar-refractivity contribution in [3.05, 3.63) is 70.7 Å². The Kier molecular flexibility index (Phi) is 3.76. The van der Waals surface area contributed by atoms with Crippen LogP contribution < -0.4 is 0 Å². The molecule has 6 rings (SSSR count). The number of hydrogen-bond donors (Lipinski definition) is 0. The third-order valence-electron chi connectivity index (χ3n) is 6.41. The molecule has 2 nitrogen and oxygen atoms in total. The largest absolute Gasteiger partial charge is 0.318 e. The summed E-state index contributed by atoms with van der Waals surface area (Å²) in [7, 11) is 2.25. The Morgan fingerprint density at radius 1 is 1.11 bits per heavy atom. The number of aromatic nitrogens is 1. The summed E-state index contributed by atoms with van der Waals surface area (Å²) in [5.41, 5.74) is 7.84. The predicted octanol–water partition coefficient (Wildman–Crippen LogP) is 5.97. The molecule has 0 radical (unpaired) electrons. The number of nitrogens with zero attached hydrogens (tertiary/aromatic N) is 2. The van der Waals surface area contributed by atoms with Crippen LogP contribution in [-0.2, 0) is 0 Å². The lowest BCUT2D eigenvalue weighted by molar-refractivity contribution is 0.142. The number of piperidine rings is 1. The van der Waals surface area contributed by atoms with Gasteiger partial charge in [0.2, 0.25) is 0 Å². The zero-order chi connectivity index (χ0) is 18.7. The molecule has 138 valence electrons. The Labute approximate surface area is 159 Å². The van der Waals surface area contributed by atoms with Gasteiger partial charge in [-0.05, 0) is 80.6 Å². The fourth-order valence-corrected chi connectivity index (χ4v) is 5.09. The molecule has 1 fully saturated rings. The highest BCUT2D eigenvalue weighted by molar-refractivity contribution is 5.91. The maximum atomic E-state index is 13.3. The first-order valence-electron chi connectivity index (χ1n) is 9.82. The van der Waals surface area contributed by atoms with Crippen LogP contribution in [0.4, 0.5) is 4.39 Å². The third kappa shape index (κ3) is 2.56. The summed E-state index contributed by atoms with van der Waals surface area (Å²) in [5, 5.41) is 1.41. The van der Waals surface area contributed by atoms with Crippen molar-refractivity contribution >= 4 is 22.7 Å². The van der Waals surface area contributed by atoms with E-state index in [1.165, 1.54) is 47.1 Å². The lowest BCUT2D eigenvalue weighted by Crippen LogP contribution is -2.40. The third-order valence-corrected chi connectivity index (χ3v) is 6.41. The van der Waals surface area contributed by atoms with Gasteiger partial charge in [0.1, 0.15) is 5.82 Å². The number of rotatable bonds is 2. The van der Waals surface area contributed by atoms with Crippen LogP contribution in [0.1, 0.15) is 54.1 Å². The topological polar surface area (TPSA) is 8.17 Å². The van der Waals surface area contributed by atoms with Crippen LogP contribution in [0.15, 0.2) is 42.5 Å². The molecule has 2 aromatic carbocycles. The van der Waals surface area contributed by atoms with E-state index in [1.54, 1.807) is 5.56 Å². The molecule has 0 amide bonds. The second-order valence-corrected chi connectivity index (χ2v) is 8.24. The van der Waals surface area contributed by atoms with Gasteiger partial charge in [-0.3, -0.25) is 4.90 Å². The Morgan fingerprint density at radius 2 is 1.89 bits per heavy atom. The van der Waals surface area contributed by atoms with E-state index >= 15 is 0 Å². The number of likely N-dealkylation sites (N-methyl/N-ethyl adjacent to an activating group) is 1. The molecule has 1 aliphatic carbocycles. The van der Waals surface area contributed by atoms with Gasteiger partial charge >= 0.3 is 0 Å². The van der Waals surface area contributed by atoms with Crippen LogP contribution in [0.3, 0.4) is 0 Å². The van der Waals surface area contributed by atoms with E-state index in [-0.39, 0.29) is 5.82 Å². The van der Waals surface area contributed by atoms with E-state index in [9.17, 15) is 4.39 Å². The van der Waals surface area contributed by atoms with E-state index in [4.69, 9.17) is 0 Å². The molecule has 0 saturated carbocycles. The number of fused-ring (bicyclic) bond motifs is 3. The van der Waals surface area contributed by atoms with Crippen molar-refractivity contribution in [1.82, 2.24) is 9.47 Å². The first kappa shape index (κ1) is 16.8. The van der Waals surface area contributed by atoms with E-state index < -0.39 is 0 Å². The summed E-state index contributed by atoms with van der Waals surface area (Å²) in [6.45, 7) is 5.45. The molecule has 2 bridgehead atoms. The smallest absolute Gasteiger partial charge is 0.123 e. The van der Waals surface area contributed by atoms with Crippen molar-refractivity contribution in [2.45, 2.75) is 38.6 Å². The molecule has 2 atom stereocenters. The summed E-state index contributed by atoms with van der Waals surface area (Å²) in [6, 6.07) is 14.1. The Morgan fingerprint density at radius 3 is 2.63 bits per heavy atom. The molecule has 1 saturated heterocycles. The summed E-state index contributed by atoms with van der Waals surface area (Å²) >= 11 is 0. The SMILES string of the molecule is CC(=Cn1c2c(c3cc(C)ccc31)C1CCC2N(C)C1)c1ccc(F)cc1. The van der Waals surface area contributed by atoms with Crippen LogP contribution in [0.5, 0.6) is 0 Å². The molecule has 2 unspecified atom stereocenters. The second kappa shape index (κ2) is 6.07. The van der Waals surface area contributed by atoms with Crippen LogP contribution >= 0.6 is 0 Å². The van der Waals surface area contributed by atoms with Gasteiger partial charge in [0.25, 0.3) is 0 Å². The van der Waals surface area contributed by atoms with E-state index in [2.05, 4.69) is 54.8 Å². The molecule has 3 aromatic rings. The van der Waals surface area contributed by atoms with E-state index in [1.807, 2.05) is 12.1 Å². The fourth-order valence-electron chi connectivity index (χ4n) is 5.09. The molecule has 0 N–H and O–H groups in total. The van der Waals surface area contributed by atoms with Crippen molar-refractivity contribution in [3.8, 4) is 0 Å². The van der Waals surface area contributed by atoms with Gasteiger partial charge in [-0.15, -0.1) is 0 Å². The lowest BCUT2D eigenvalue weighted by Gasteiger charge is -2.44. The lowest BCUT2D eigenvalue weighted by atomic mass is 9.77. The average Bonchev–Trinajstić information content (AvgIpc) is 2.98. The summed E-state index contributed by atoms with van der Waals surface area (Å²) in [6.07, 6.45) is 4.76. The zero-order valence-corrected chi connectivity index (χ0v) is 16.2. The van der Waals surface area contributed by atoms with Crippen molar-refractivity contribution in [2.24, 2.45) is 0 Å². The standard InChI is InChI=1S/C24H25FN2/c1-15-4-10-21-20(12-15)23-18-7-11-22(26(3)14-18)24(23)27(21)13-16(2)17-5-8-19(25)9-6-17/h4-6,8-10,12-13,18,22H,7,11,14H2,1-3H3. The summed E-state index contributed by atoms with van der Waals surface area (Å²) < 4.78 is 15.7. The van der Waals surface area contributed by atoms with Crippen molar-refractivity contribution in [3.63, 3.8) is 0 Å². The molecular weight excluding hydrogens is 335 g/mol. The van der Waals surface area contributed by atoms with Gasteiger partial charge in [0.15, 0.2) is 0 Å². The zero-order valence-electron chi connectivity index (χ0n) is 16.2. The van der Waals surface area contributed by atoms with Gasteiger partial charge < -0.3 is 4.57 Å². The molecule has 3 heterocycles. The van der Waals surface area contributed by atoms with Crippen LogP contribution in [-0.4, -0.2) is 23.1 Å². The first-order valence-corrected chi connectivity index (χ1v) is 9.82. The molecule has 3 aliphatic rings. The first-order chi connectivity index (χ1) is 13.0. The van der Waals surface area contributed by atoms with Gasteiger partial charge in [-0.1, -0.05) is 23.8 Å². The molecular formula is C24H25FN2.